The van der Waals surface area contributed by atoms with Gasteiger partial charge in [-0.05, 0) is 18.8 Å². The minimum Gasteiger partial charge on any atom is -0.469 e. The lowest BCUT2D eigenvalue weighted by atomic mass is 9.42. The van der Waals surface area contributed by atoms with Gasteiger partial charge in [-0.2, -0.15) is 0 Å². The van der Waals surface area contributed by atoms with E-state index in [-0.39, 0.29) is 29.3 Å². The highest BCUT2D eigenvalue weighted by molar-refractivity contribution is 5.77. The summed E-state index contributed by atoms with van der Waals surface area (Å²) in [5.41, 5.74) is -0.0428. The summed E-state index contributed by atoms with van der Waals surface area (Å²) in [7, 11) is 1.44. The Bertz CT molecular complexity index is 322. The topological polar surface area (TPSA) is 46.5 Å². The van der Waals surface area contributed by atoms with Crippen LogP contribution >= 0.6 is 0 Å². The molecule has 0 bridgehead atoms. The zero-order valence-electron chi connectivity index (χ0n) is 8.14. The Morgan fingerprint density at radius 3 is 2.93 bits per heavy atom. The maximum Gasteiger partial charge on any atom is 0.309 e. The molecule has 0 aromatic rings. The largest absolute Gasteiger partial charge is 0.469 e. The second-order valence-electron chi connectivity index (χ2n) is 4.63. The Morgan fingerprint density at radius 1 is 1.57 bits per heavy atom. The van der Waals surface area contributed by atoms with Crippen molar-refractivity contribution in [3.8, 4) is 0 Å². The maximum absolute atomic E-state index is 11.5. The van der Waals surface area contributed by atoms with Crippen molar-refractivity contribution in [1.29, 1.82) is 0 Å². The molecule has 1 unspecified atom stereocenters. The molecular formula is C11H14O3. The van der Waals surface area contributed by atoms with Crippen molar-refractivity contribution < 1.29 is 14.6 Å². The number of ether oxygens (including phenoxy) is 1. The average Bonchev–Trinajstić information content (AvgIpc) is 2.48. The summed E-state index contributed by atoms with van der Waals surface area (Å²) in [6, 6.07) is 0. The summed E-state index contributed by atoms with van der Waals surface area (Å²) in [4.78, 5) is 11.5. The first-order valence-corrected chi connectivity index (χ1v) is 5.17. The van der Waals surface area contributed by atoms with Gasteiger partial charge in [0.1, 0.15) is 0 Å². The second kappa shape index (κ2) is 2.40. The molecule has 0 aromatic heterocycles. The van der Waals surface area contributed by atoms with Crippen LogP contribution in [0.3, 0.4) is 0 Å². The average molecular weight is 194 g/mol. The first-order valence-electron chi connectivity index (χ1n) is 5.17. The minimum atomic E-state index is -0.233. The number of methoxy groups -OCH3 is 1. The number of aliphatic hydroxyl groups is 1. The Labute approximate surface area is 82.8 Å². The van der Waals surface area contributed by atoms with Crippen molar-refractivity contribution in [3.63, 3.8) is 0 Å². The number of hydrogen-bond acceptors (Lipinski definition) is 3. The fourth-order valence-electron chi connectivity index (χ4n) is 3.72. The minimum absolute atomic E-state index is 0.0159. The van der Waals surface area contributed by atoms with Crippen LogP contribution in [0.1, 0.15) is 12.8 Å². The molecule has 0 aromatic carbocycles. The molecule has 76 valence electrons. The van der Waals surface area contributed by atoms with Crippen LogP contribution in [0.5, 0.6) is 0 Å². The van der Waals surface area contributed by atoms with Crippen molar-refractivity contribution in [3.05, 3.63) is 12.2 Å². The highest BCUT2D eigenvalue weighted by atomic mass is 16.5. The van der Waals surface area contributed by atoms with Gasteiger partial charge in [0.15, 0.2) is 0 Å². The monoisotopic (exact) mass is 194 g/mol. The van der Waals surface area contributed by atoms with Crippen LogP contribution in [0.2, 0.25) is 0 Å². The molecule has 3 aliphatic rings. The van der Waals surface area contributed by atoms with Gasteiger partial charge in [0.25, 0.3) is 0 Å². The van der Waals surface area contributed by atoms with E-state index < -0.39 is 0 Å². The summed E-state index contributed by atoms with van der Waals surface area (Å²) in [6.07, 6.45) is 5.70. The zero-order valence-corrected chi connectivity index (χ0v) is 8.14. The lowest BCUT2D eigenvalue weighted by Crippen LogP contribution is -2.63. The van der Waals surface area contributed by atoms with Gasteiger partial charge in [0.05, 0.1) is 19.1 Å². The molecule has 1 N–H and O–H groups in total. The van der Waals surface area contributed by atoms with Crippen molar-refractivity contribution in [1.82, 2.24) is 0 Å². The van der Waals surface area contributed by atoms with Gasteiger partial charge in [-0.1, -0.05) is 12.2 Å². The molecule has 0 saturated heterocycles. The first-order chi connectivity index (χ1) is 6.71. The first kappa shape index (κ1) is 8.48. The van der Waals surface area contributed by atoms with Gasteiger partial charge < -0.3 is 9.84 Å². The van der Waals surface area contributed by atoms with E-state index in [0.29, 0.717) is 5.92 Å². The Balaban J connectivity index is 1.90. The predicted molar refractivity (Wildman–Crippen MR) is 49.3 cm³/mol. The highest BCUT2D eigenvalue weighted by Gasteiger charge is 2.71. The number of carbonyl (C=O) groups is 1. The van der Waals surface area contributed by atoms with Crippen molar-refractivity contribution >= 4 is 5.97 Å². The summed E-state index contributed by atoms with van der Waals surface area (Å²) < 4.78 is 4.79. The Kier molecular flexibility index (Phi) is 1.45. The molecule has 5 atom stereocenters. The lowest BCUT2D eigenvalue weighted by Gasteiger charge is -2.61. The second-order valence-corrected chi connectivity index (χ2v) is 4.63. The number of rotatable bonds is 1. The molecule has 0 aliphatic heterocycles. The molecule has 3 aliphatic carbocycles. The summed E-state index contributed by atoms with van der Waals surface area (Å²) in [5.74, 6) is 0.494. The third-order valence-electron chi connectivity index (χ3n) is 4.43. The Hall–Kier alpha value is -0.830. The number of aliphatic hydroxyl groups excluding tert-OH is 1. The quantitative estimate of drug-likeness (QED) is 0.494. The molecule has 2 fully saturated rings. The number of esters is 1. The summed E-state index contributed by atoms with van der Waals surface area (Å²) in [5, 5.41) is 9.87. The van der Waals surface area contributed by atoms with Crippen LogP contribution in [0.25, 0.3) is 0 Å². The molecule has 14 heavy (non-hydrogen) atoms. The SMILES string of the molecule is COC(=O)[C@@H]1[C@H]2C=CC23[C@@H]1CC[C@@H]3O. The normalized spacial score (nSPS) is 52.7. The van der Waals surface area contributed by atoms with E-state index in [4.69, 9.17) is 4.74 Å². The van der Waals surface area contributed by atoms with E-state index in [9.17, 15) is 9.90 Å². The van der Waals surface area contributed by atoms with Crippen molar-refractivity contribution in [2.75, 3.05) is 7.11 Å². The fourth-order valence-corrected chi connectivity index (χ4v) is 3.72. The van der Waals surface area contributed by atoms with Gasteiger partial charge >= 0.3 is 5.97 Å². The molecule has 0 amide bonds. The van der Waals surface area contributed by atoms with Gasteiger partial charge in [-0.3, -0.25) is 4.79 Å². The van der Waals surface area contributed by atoms with E-state index in [1.807, 2.05) is 6.08 Å². The predicted octanol–water partition coefficient (Wildman–Crippen LogP) is 0.732. The van der Waals surface area contributed by atoms with Crippen molar-refractivity contribution in [2.24, 2.45) is 23.2 Å². The highest BCUT2D eigenvalue weighted by Crippen LogP contribution is 2.70. The number of carbonyl (C=O) groups excluding carboxylic acids is 1. The summed E-state index contributed by atoms with van der Waals surface area (Å²) in [6.45, 7) is 0. The van der Waals surface area contributed by atoms with Crippen LogP contribution < -0.4 is 0 Å². The molecule has 0 radical (unpaired) electrons. The maximum atomic E-state index is 11.5. The number of hydrogen-bond donors (Lipinski definition) is 1. The van der Waals surface area contributed by atoms with E-state index in [1.54, 1.807) is 0 Å². The molecule has 3 heteroatoms. The molecule has 3 nitrogen and oxygen atoms in total. The van der Waals surface area contributed by atoms with Crippen LogP contribution in [0.15, 0.2) is 12.2 Å². The smallest absolute Gasteiger partial charge is 0.309 e. The Morgan fingerprint density at radius 2 is 2.36 bits per heavy atom. The lowest BCUT2D eigenvalue weighted by molar-refractivity contribution is -0.176. The third-order valence-corrected chi connectivity index (χ3v) is 4.43. The van der Waals surface area contributed by atoms with Crippen LogP contribution in [-0.4, -0.2) is 24.3 Å². The molecular weight excluding hydrogens is 180 g/mol. The van der Waals surface area contributed by atoms with Crippen LogP contribution in [0.4, 0.5) is 0 Å². The van der Waals surface area contributed by atoms with E-state index in [1.165, 1.54) is 7.11 Å². The molecule has 0 heterocycles. The van der Waals surface area contributed by atoms with Gasteiger partial charge in [0.2, 0.25) is 0 Å². The summed E-state index contributed by atoms with van der Waals surface area (Å²) >= 11 is 0. The van der Waals surface area contributed by atoms with E-state index in [2.05, 4.69) is 6.08 Å². The molecule has 3 rings (SSSR count). The van der Waals surface area contributed by atoms with Gasteiger partial charge in [0, 0.05) is 11.3 Å². The van der Waals surface area contributed by atoms with E-state index >= 15 is 0 Å². The van der Waals surface area contributed by atoms with Gasteiger partial charge in [-0.25, -0.2) is 0 Å². The molecule has 1 spiro atoms. The van der Waals surface area contributed by atoms with Crippen LogP contribution in [-0.2, 0) is 9.53 Å². The number of allylic oxidation sites excluding steroid dienone is 1. The van der Waals surface area contributed by atoms with Crippen LogP contribution in [0, 0.1) is 23.2 Å². The molecule has 2 saturated carbocycles. The van der Waals surface area contributed by atoms with Crippen molar-refractivity contribution in [2.45, 2.75) is 18.9 Å². The van der Waals surface area contributed by atoms with E-state index in [0.717, 1.165) is 12.8 Å². The zero-order chi connectivity index (χ0) is 9.92. The standard InChI is InChI=1S/C11H14O3/c1-14-10(13)9-6-2-3-8(12)11(6)5-4-7(9)11/h4-9,12H,2-3H2,1H3/t6-,7-,8+,9+,11?/m1/s1. The fraction of sp³-hybridized carbons (Fsp3) is 0.727. The van der Waals surface area contributed by atoms with Gasteiger partial charge in [-0.15, -0.1) is 0 Å². The third kappa shape index (κ3) is 0.650.